The quantitative estimate of drug-likeness (QED) is 0.116. The third kappa shape index (κ3) is 8.82. The average Bonchev–Trinajstić information content (AvgIpc) is 2.92. The van der Waals surface area contributed by atoms with Gasteiger partial charge in [0, 0.05) is 0 Å². The van der Waals surface area contributed by atoms with Crippen LogP contribution in [0.2, 0.25) is 0 Å². The molecule has 0 atom stereocenters. The Morgan fingerprint density at radius 2 is 0.615 bits per heavy atom. The monoisotopic (exact) mass is 891 g/mol. The normalized spacial score (nSPS) is 18.2. The predicted molar refractivity (Wildman–Crippen MR) is 143 cm³/mol. The second-order valence-electron chi connectivity index (χ2n) is 5.82. The molecule has 0 aromatic heterocycles. The van der Waals surface area contributed by atoms with E-state index in [1.54, 1.807) is 0 Å². The minimum absolute atomic E-state index is 0.238. The van der Waals surface area contributed by atoms with E-state index in [1.165, 1.54) is 5.34 Å². The van der Waals surface area contributed by atoms with Gasteiger partial charge in [-0.2, -0.15) is 17.6 Å². The molecule has 3 aliphatic rings. The molecule has 3 rings (SSSR count). The summed E-state index contributed by atoms with van der Waals surface area (Å²) in [5.41, 5.74) is 0. The van der Waals surface area contributed by atoms with Gasteiger partial charge < -0.3 is 5.21 Å². The summed E-state index contributed by atoms with van der Waals surface area (Å²) in [5.74, 6) is -14.9. The Morgan fingerprint density at radius 3 is 0.769 bits per heavy atom. The number of halogens is 12. The Hall–Kier alpha value is -1.34. The number of hydrogen-bond acceptors (Lipinski definition) is 8. The average molecular weight is 897 g/mol. The van der Waals surface area contributed by atoms with Crippen molar-refractivity contribution in [3.63, 3.8) is 0 Å². The highest BCUT2D eigenvalue weighted by Crippen LogP contribution is 2.36. The van der Waals surface area contributed by atoms with E-state index in [-0.39, 0.29) is 29.5 Å². The molecule has 0 bridgehead atoms. The molecule has 9 nitrogen and oxygen atoms in total. The molecule has 0 radical (unpaired) electrons. The standard InChI is InChI=1S/C6Br4O2.C6Cl4O2.C6F4O2.HNO2/c3*7-1-2(8)6(12)4(10)3(9)5(1)11;2-1-3/h;;;(H,2,3). The van der Waals surface area contributed by atoms with Gasteiger partial charge in [0.05, 0.1) is 17.9 Å². The molecule has 0 aromatic rings. The van der Waals surface area contributed by atoms with Gasteiger partial charge in [-0.15, -0.1) is 4.91 Å². The Bertz CT molecular complexity index is 1070. The minimum atomic E-state index is -2.20. The molecular formula is C18HBr4Cl4F4NO8. The lowest BCUT2D eigenvalue weighted by atomic mass is 10.1. The van der Waals surface area contributed by atoms with Crippen molar-refractivity contribution < 1.29 is 51.5 Å². The Kier molecular flexibility index (Phi) is 15.6. The van der Waals surface area contributed by atoms with E-state index in [4.69, 9.17) is 56.5 Å². The highest BCUT2D eigenvalue weighted by atomic mass is 79.9. The van der Waals surface area contributed by atoms with Gasteiger partial charge in [0.15, 0.2) is 5.34 Å². The zero-order valence-electron chi connectivity index (χ0n) is 17.3. The first-order valence-electron chi connectivity index (χ1n) is 8.38. The third-order valence-corrected chi connectivity index (χ3v) is 9.28. The first-order valence-corrected chi connectivity index (χ1v) is 13.1. The number of Topliss-reactive ketones (excluding diaryl/α,β-unsaturated/α-hetero) is 6. The molecule has 0 amide bonds. The molecule has 0 saturated heterocycles. The van der Waals surface area contributed by atoms with Crippen LogP contribution in [0.1, 0.15) is 0 Å². The molecule has 0 spiro atoms. The van der Waals surface area contributed by atoms with Crippen LogP contribution in [0.5, 0.6) is 0 Å². The van der Waals surface area contributed by atoms with Gasteiger partial charge in [-0.05, 0) is 63.7 Å². The lowest BCUT2D eigenvalue weighted by Crippen LogP contribution is -2.16. The number of allylic oxidation sites excluding steroid dienone is 12. The van der Waals surface area contributed by atoms with Gasteiger partial charge in [0.1, 0.15) is 20.1 Å². The molecule has 210 valence electrons. The molecule has 0 unspecified atom stereocenters. The van der Waals surface area contributed by atoms with Gasteiger partial charge in [-0.3, -0.25) is 28.8 Å². The van der Waals surface area contributed by atoms with Gasteiger partial charge in [0.25, 0.3) is 11.6 Å². The van der Waals surface area contributed by atoms with E-state index in [2.05, 4.69) is 63.7 Å². The summed E-state index contributed by atoms with van der Waals surface area (Å²) in [4.78, 5) is 73.0. The van der Waals surface area contributed by atoms with Gasteiger partial charge in [-0.1, -0.05) is 46.4 Å². The van der Waals surface area contributed by atoms with E-state index in [9.17, 15) is 46.3 Å². The second-order valence-corrected chi connectivity index (χ2v) is 10.5. The number of carbonyl (C=O) groups excluding carboxylic acids is 6. The largest absolute Gasteiger partial charge is 0.379 e. The molecule has 0 saturated carbocycles. The molecule has 0 fully saturated rings. The highest BCUT2D eigenvalue weighted by Gasteiger charge is 2.37. The van der Waals surface area contributed by atoms with Crippen molar-refractivity contribution in [2.45, 2.75) is 0 Å². The van der Waals surface area contributed by atoms with Crippen molar-refractivity contribution in [2.75, 3.05) is 0 Å². The summed E-state index contributed by atoms with van der Waals surface area (Å²) in [7, 11) is 0. The fourth-order valence-corrected chi connectivity index (χ4v) is 4.64. The molecular weight excluding hydrogens is 896 g/mol. The van der Waals surface area contributed by atoms with E-state index in [0.717, 1.165) is 0 Å². The SMILES string of the molecule is O=C1C(Br)=C(Br)C(=O)C(Br)=C1Br.O=C1C(Cl)=C(Cl)C(=O)C(Cl)=C1Cl.O=C1C(F)=C(F)C(=O)C(F)=C1F.O=NO. The smallest absolute Gasteiger partial charge is 0.256 e. The van der Waals surface area contributed by atoms with Crippen molar-refractivity contribution >= 4 is 145 Å². The van der Waals surface area contributed by atoms with E-state index in [1.807, 2.05) is 0 Å². The summed E-state index contributed by atoms with van der Waals surface area (Å²) in [6.07, 6.45) is 0. The number of ketones is 6. The maximum absolute atomic E-state index is 12.1. The van der Waals surface area contributed by atoms with Crippen molar-refractivity contribution in [1.82, 2.24) is 0 Å². The van der Waals surface area contributed by atoms with Crippen LogP contribution < -0.4 is 0 Å². The molecule has 21 heteroatoms. The molecule has 39 heavy (non-hydrogen) atoms. The first kappa shape index (κ1) is 37.7. The number of carbonyl (C=O) groups is 6. The van der Waals surface area contributed by atoms with E-state index >= 15 is 0 Å². The molecule has 1 N–H and O–H groups in total. The minimum Gasteiger partial charge on any atom is -0.379 e. The lowest BCUT2D eigenvalue weighted by Gasteiger charge is -2.09. The van der Waals surface area contributed by atoms with Crippen molar-refractivity contribution in [3.05, 3.63) is 66.3 Å². The topological polar surface area (TPSA) is 152 Å². The zero-order chi connectivity index (χ0) is 31.1. The fourth-order valence-electron chi connectivity index (χ4n) is 1.77. The van der Waals surface area contributed by atoms with Gasteiger partial charge in [0.2, 0.25) is 46.4 Å². The number of hydrogen-bond donors (Lipinski definition) is 1. The maximum atomic E-state index is 12.1. The Labute approximate surface area is 266 Å². The molecule has 3 aliphatic carbocycles. The third-order valence-electron chi connectivity index (χ3n) is 3.55. The van der Waals surface area contributed by atoms with Crippen LogP contribution >= 0.6 is 110 Å². The van der Waals surface area contributed by atoms with E-state index in [0.29, 0.717) is 0 Å². The van der Waals surface area contributed by atoms with Crippen molar-refractivity contribution in [2.24, 2.45) is 5.34 Å². The lowest BCUT2D eigenvalue weighted by molar-refractivity contribution is -0.120. The predicted octanol–water partition coefficient (Wildman–Crippen LogP) is 7.24. The van der Waals surface area contributed by atoms with Crippen LogP contribution in [0, 0.1) is 4.91 Å². The van der Waals surface area contributed by atoms with E-state index < -0.39 is 66.6 Å². The summed E-state index contributed by atoms with van der Waals surface area (Å²) < 4.78 is 49.5. The highest BCUT2D eigenvalue weighted by molar-refractivity contribution is 9.16. The molecule has 0 aliphatic heterocycles. The maximum Gasteiger partial charge on any atom is 0.256 e. The number of rotatable bonds is 0. The fraction of sp³-hybridized carbons (Fsp3) is 0. The van der Waals surface area contributed by atoms with Gasteiger partial charge in [-0.25, -0.2) is 0 Å². The van der Waals surface area contributed by atoms with Crippen LogP contribution in [0.3, 0.4) is 0 Å². The van der Waals surface area contributed by atoms with Crippen LogP contribution in [0.25, 0.3) is 0 Å². The van der Waals surface area contributed by atoms with Crippen LogP contribution in [-0.4, -0.2) is 39.9 Å². The van der Waals surface area contributed by atoms with Crippen LogP contribution in [0.4, 0.5) is 17.6 Å². The Balaban J connectivity index is 0.000000528. The summed E-state index contributed by atoms with van der Waals surface area (Å²) in [5, 5.41) is 6.32. The first-order chi connectivity index (χ1) is 17.8. The van der Waals surface area contributed by atoms with Crippen LogP contribution in [0.15, 0.2) is 66.7 Å². The molecule has 0 heterocycles. The Morgan fingerprint density at radius 1 is 0.462 bits per heavy atom. The van der Waals surface area contributed by atoms with Crippen molar-refractivity contribution in [1.29, 1.82) is 0 Å². The second kappa shape index (κ2) is 16.2. The summed E-state index contributed by atoms with van der Waals surface area (Å²) in [6.45, 7) is 0. The van der Waals surface area contributed by atoms with Crippen LogP contribution in [-0.2, 0) is 28.8 Å². The summed E-state index contributed by atoms with van der Waals surface area (Å²) >= 11 is 33.5. The number of nitrogens with zero attached hydrogens (tertiary/aromatic N) is 1. The molecule has 0 aromatic carbocycles. The summed E-state index contributed by atoms with van der Waals surface area (Å²) in [6, 6.07) is 0. The van der Waals surface area contributed by atoms with Crippen molar-refractivity contribution in [3.8, 4) is 0 Å². The van der Waals surface area contributed by atoms with Gasteiger partial charge >= 0.3 is 0 Å². The zero-order valence-corrected chi connectivity index (χ0v) is 26.7.